The van der Waals surface area contributed by atoms with Crippen LogP contribution in [0.5, 0.6) is 0 Å². The molecule has 0 saturated heterocycles. The lowest BCUT2D eigenvalue weighted by molar-refractivity contribution is -0.118. The summed E-state index contributed by atoms with van der Waals surface area (Å²) in [5.41, 5.74) is 5.18. The van der Waals surface area contributed by atoms with E-state index in [0.29, 0.717) is 12.4 Å². The topological polar surface area (TPSA) is 89.7 Å². The maximum atomic E-state index is 13.2. The van der Waals surface area contributed by atoms with Crippen LogP contribution in [0.3, 0.4) is 0 Å². The van der Waals surface area contributed by atoms with Gasteiger partial charge in [0.25, 0.3) is 0 Å². The molecule has 0 bridgehead atoms. The maximum Gasteiger partial charge on any atom is 0.247 e. The molecular formula is C25H29N7O. The Morgan fingerprint density at radius 3 is 2.24 bits per heavy atom. The summed E-state index contributed by atoms with van der Waals surface area (Å²) in [5.74, 6) is 0.560. The van der Waals surface area contributed by atoms with Gasteiger partial charge in [0.15, 0.2) is 0 Å². The number of pyridine rings is 1. The highest BCUT2D eigenvalue weighted by atomic mass is 16.2. The third-order valence-electron chi connectivity index (χ3n) is 5.65. The van der Waals surface area contributed by atoms with Crippen molar-refractivity contribution in [2.45, 2.75) is 25.8 Å². The highest BCUT2D eigenvalue weighted by Crippen LogP contribution is 2.21. The molecule has 0 radical (unpaired) electrons. The molecule has 4 rings (SSSR count). The van der Waals surface area contributed by atoms with Crippen LogP contribution in [0.4, 0.5) is 5.82 Å². The van der Waals surface area contributed by atoms with Crippen molar-refractivity contribution in [3.63, 3.8) is 0 Å². The summed E-state index contributed by atoms with van der Waals surface area (Å²) in [5, 5.41) is 14.8. The summed E-state index contributed by atoms with van der Waals surface area (Å²) >= 11 is 0. The molecule has 8 heteroatoms. The number of hydrogen-bond donors (Lipinski definition) is 2. The average molecular weight is 444 g/mol. The molecule has 0 fully saturated rings. The Hall–Kier alpha value is -3.78. The van der Waals surface area contributed by atoms with Gasteiger partial charge in [0, 0.05) is 55.9 Å². The molecule has 0 aliphatic heterocycles. The van der Waals surface area contributed by atoms with E-state index in [1.807, 2.05) is 32.6 Å². The fraction of sp³-hybridized carbons (Fsp3) is 0.280. The van der Waals surface area contributed by atoms with Crippen molar-refractivity contribution in [1.29, 1.82) is 0 Å². The minimum Gasteiger partial charge on any atom is -0.309 e. The highest BCUT2D eigenvalue weighted by Gasteiger charge is 2.23. The summed E-state index contributed by atoms with van der Waals surface area (Å²) in [6, 6.07) is 11.7. The minimum absolute atomic E-state index is 0.180. The zero-order valence-electron chi connectivity index (χ0n) is 19.4. The number of rotatable bonds is 8. The molecular weight excluding hydrogens is 414 g/mol. The zero-order chi connectivity index (χ0) is 23.4. The first-order valence-electron chi connectivity index (χ1n) is 10.9. The normalized spacial score (nSPS) is 13.0. The van der Waals surface area contributed by atoms with Crippen LogP contribution in [0.1, 0.15) is 35.6 Å². The van der Waals surface area contributed by atoms with Gasteiger partial charge >= 0.3 is 0 Å². The molecule has 2 N–H and O–H groups in total. The van der Waals surface area contributed by atoms with Gasteiger partial charge in [-0.05, 0) is 30.5 Å². The number of anilines is 1. The first-order chi connectivity index (χ1) is 15.9. The van der Waals surface area contributed by atoms with Crippen molar-refractivity contribution in [3.8, 4) is 11.1 Å². The van der Waals surface area contributed by atoms with Crippen LogP contribution in [0.25, 0.3) is 11.1 Å². The number of hydrogen-bond acceptors (Lipinski definition) is 5. The number of amides is 1. The van der Waals surface area contributed by atoms with E-state index >= 15 is 0 Å². The van der Waals surface area contributed by atoms with Crippen LogP contribution in [-0.4, -0.2) is 37.0 Å². The Morgan fingerprint density at radius 1 is 0.909 bits per heavy atom. The van der Waals surface area contributed by atoms with Gasteiger partial charge in [0.2, 0.25) is 5.91 Å². The number of benzene rings is 1. The monoisotopic (exact) mass is 443 g/mol. The maximum absolute atomic E-state index is 13.2. The lowest BCUT2D eigenvalue weighted by atomic mass is 9.99. The summed E-state index contributed by atoms with van der Waals surface area (Å²) in [4.78, 5) is 17.6. The summed E-state index contributed by atoms with van der Waals surface area (Å²) in [6.07, 6.45) is 9.01. The third kappa shape index (κ3) is 5.53. The first-order valence-corrected chi connectivity index (χ1v) is 10.9. The summed E-state index contributed by atoms with van der Waals surface area (Å²) < 4.78 is 3.44. The Kier molecular flexibility index (Phi) is 6.65. The van der Waals surface area contributed by atoms with Crippen LogP contribution in [0.2, 0.25) is 0 Å². The smallest absolute Gasteiger partial charge is 0.247 e. The van der Waals surface area contributed by atoms with E-state index in [9.17, 15) is 4.79 Å². The number of nitrogens with zero attached hydrogens (tertiary/aromatic N) is 5. The van der Waals surface area contributed by atoms with E-state index in [2.05, 4.69) is 63.9 Å². The standard InChI is InChI=1S/C25H29N7O/c1-17-5-7-19(8-6-17)18(2)11-27-24(22-14-29-32(4)16-22)25(33)30-23-10-9-20(12-26-23)21-13-28-31(3)15-21/h5-10,12-16,18,24,27H,11H2,1-4H3,(H,26,30,33)/t18-,24-/m1/s1. The van der Waals surface area contributed by atoms with Gasteiger partial charge in [-0.1, -0.05) is 36.8 Å². The Labute approximate surface area is 193 Å². The van der Waals surface area contributed by atoms with Gasteiger partial charge in [0.1, 0.15) is 11.9 Å². The number of carbonyl (C=O) groups is 1. The van der Waals surface area contributed by atoms with Crippen molar-refractivity contribution < 1.29 is 4.79 Å². The molecule has 3 heterocycles. The van der Waals surface area contributed by atoms with Gasteiger partial charge < -0.3 is 10.6 Å². The van der Waals surface area contributed by atoms with Gasteiger partial charge in [-0.3, -0.25) is 14.2 Å². The van der Waals surface area contributed by atoms with Gasteiger partial charge in [-0.15, -0.1) is 0 Å². The van der Waals surface area contributed by atoms with E-state index in [1.165, 1.54) is 11.1 Å². The van der Waals surface area contributed by atoms with E-state index in [0.717, 1.165) is 16.7 Å². The van der Waals surface area contributed by atoms with Crippen molar-refractivity contribution in [2.75, 3.05) is 11.9 Å². The highest BCUT2D eigenvalue weighted by molar-refractivity contribution is 5.94. The molecule has 4 aromatic rings. The second-order valence-electron chi connectivity index (χ2n) is 8.42. The van der Waals surface area contributed by atoms with Crippen molar-refractivity contribution >= 4 is 11.7 Å². The fourth-order valence-corrected chi connectivity index (χ4v) is 3.67. The van der Waals surface area contributed by atoms with Gasteiger partial charge in [-0.25, -0.2) is 4.98 Å². The molecule has 0 aliphatic rings. The molecule has 3 aromatic heterocycles. The summed E-state index contributed by atoms with van der Waals surface area (Å²) in [6.45, 7) is 4.87. The van der Waals surface area contributed by atoms with E-state index in [-0.39, 0.29) is 11.8 Å². The van der Waals surface area contributed by atoms with Crippen LogP contribution in [-0.2, 0) is 18.9 Å². The van der Waals surface area contributed by atoms with Crippen LogP contribution in [0, 0.1) is 6.92 Å². The summed E-state index contributed by atoms with van der Waals surface area (Å²) in [7, 11) is 3.71. The Morgan fingerprint density at radius 2 is 1.64 bits per heavy atom. The Balaban J connectivity index is 1.46. The number of aromatic nitrogens is 5. The Bertz CT molecular complexity index is 1210. The minimum atomic E-state index is -0.550. The lowest BCUT2D eigenvalue weighted by Gasteiger charge is -2.20. The number of aryl methyl sites for hydroxylation is 3. The second kappa shape index (κ2) is 9.79. The third-order valence-corrected chi connectivity index (χ3v) is 5.65. The zero-order valence-corrected chi connectivity index (χ0v) is 19.4. The van der Waals surface area contributed by atoms with E-state index in [4.69, 9.17) is 0 Å². The number of nitrogens with one attached hydrogen (secondary N) is 2. The molecule has 1 amide bonds. The van der Waals surface area contributed by atoms with Crippen LogP contribution >= 0.6 is 0 Å². The SMILES string of the molecule is Cc1ccc([C@H](C)CN[C@@H](C(=O)Nc2ccc(-c3cnn(C)c3)cn2)c2cnn(C)c2)cc1. The lowest BCUT2D eigenvalue weighted by Crippen LogP contribution is -2.35. The van der Waals surface area contributed by atoms with Crippen molar-refractivity contribution in [3.05, 3.63) is 84.1 Å². The van der Waals surface area contributed by atoms with E-state index < -0.39 is 6.04 Å². The molecule has 0 saturated carbocycles. The largest absolute Gasteiger partial charge is 0.309 e. The second-order valence-corrected chi connectivity index (χ2v) is 8.42. The van der Waals surface area contributed by atoms with Crippen LogP contribution < -0.4 is 10.6 Å². The van der Waals surface area contributed by atoms with Crippen molar-refractivity contribution in [1.82, 2.24) is 29.9 Å². The average Bonchev–Trinajstić information content (AvgIpc) is 3.43. The fourth-order valence-electron chi connectivity index (χ4n) is 3.67. The molecule has 8 nitrogen and oxygen atoms in total. The van der Waals surface area contributed by atoms with E-state index in [1.54, 1.807) is 34.0 Å². The molecule has 170 valence electrons. The molecule has 2 atom stereocenters. The van der Waals surface area contributed by atoms with Crippen LogP contribution in [0.15, 0.2) is 67.4 Å². The predicted octanol–water partition coefficient (Wildman–Crippen LogP) is 3.60. The molecule has 33 heavy (non-hydrogen) atoms. The molecule has 0 aliphatic carbocycles. The predicted molar refractivity (Wildman–Crippen MR) is 129 cm³/mol. The molecule has 0 unspecified atom stereocenters. The molecule has 1 aromatic carbocycles. The number of carbonyl (C=O) groups excluding carboxylic acids is 1. The van der Waals surface area contributed by atoms with Gasteiger partial charge in [0.05, 0.1) is 12.4 Å². The molecule has 0 spiro atoms. The van der Waals surface area contributed by atoms with Crippen molar-refractivity contribution in [2.24, 2.45) is 14.1 Å². The quantitative estimate of drug-likeness (QED) is 0.434. The van der Waals surface area contributed by atoms with Gasteiger partial charge in [-0.2, -0.15) is 10.2 Å². The first kappa shape index (κ1) is 22.4.